The summed E-state index contributed by atoms with van der Waals surface area (Å²) < 4.78 is 19.3. The maximum atomic E-state index is 11.4. The molecule has 0 heterocycles. The Bertz CT molecular complexity index is 845. The summed E-state index contributed by atoms with van der Waals surface area (Å²) in [6, 6.07) is 0. The van der Waals surface area contributed by atoms with E-state index in [-0.39, 0.29) is 23.9 Å². The molecule has 0 N–H and O–H groups in total. The molecule has 54 heavy (non-hydrogen) atoms. The standard InChI is InChI=1S/C24H46O4.C22H42O4/c1-4-22(20-21-24(26)28-6-3)18-16-14-12-10-8-7-9-11-13-15-17-19-23(25)27-5-2;1-4-20(18-19-22(24)26-3)16-14-12-10-8-6-5-7-9-11-13-15-17-21(23)25-2/h22H,4-21H2,1-3H3;20H,4-19H2,1-3H3. The SMILES string of the molecule is CCC(CCCCCCCCCCCCCC(=O)OC)CCC(=O)OC.CCOC(=O)CCCCCCCCCCCCCC(CC)CCC(=O)OCC. The number of hydrogen-bond acceptors (Lipinski definition) is 8. The van der Waals surface area contributed by atoms with Gasteiger partial charge in [0.2, 0.25) is 0 Å². The van der Waals surface area contributed by atoms with Crippen LogP contribution in [0.1, 0.15) is 233 Å². The predicted molar refractivity (Wildman–Crippen MR) is 223 cm³/mol. The predicted octanol–water partition coefficient (Wildman–Crippen LogP) is 13.2. The van der Waals surface area contributed by atoms with Gasteiger partial charge in [0, 0.05) is 25.7 Å². The number of ether oxygens (including phenoxy) is 4. The molecule has 0 bridgehead atoms. The van der Waals surface area contributed by atoms with E-state index in [9.17, 15) is 19.2 Å². The van der Waals surface area contributed by atoms with Crippen molar-refractivity contribution in [1.82, 2.24) is 0 Å². The maximum absolute atomic E-state index is 11.4. The molecular formula is C46H88O8. The van der Waals surface area contributed by atoms with Crippen LogP contribution < -0.4 is 0 Å². The first kappa shape index (κ1) is 54.0. The van der Waals surface area contributed by atoms with Gasteiger partial charge in [0.25, 0.3) is 0 Å². The first-order chi connectivity index (χ1) is 26.3. The minimum atomic E-state index is -0.0845. The zero-order valence-corrected chi connectivity index (χ0v) is 36.5. The summed E-state index contributed by atoms with van der Waals surface area (Å²) in [4.78, 5) is 44.9. The van der Waals surface area contributed by atoms with Crippen LogP contribution in [0.15, 0.2) is 0 Å². The fourth-order valence-electron chi connectivity index (χ4n) is 7.01. The summed E-state index contributed by atoms with van der Waals surface area (Å²) >= 11 is 0. The summed E-state index contributed by atoms with van der Waals surface area (Å²) in [6.07, 6.45) is 37.0. The topological polar surface area (TPSA) is 105 Å². The summed E-state index contributed by atoms with van der Waals surface area (Å²) in [7, 11) is 2.92. The molecule has 0 saturated carbocycles. The molecule has 0 radical (unpaired) electrons. The number of rotatable bonds is 38. The molecule has 0 amide bonds. The summed E-state index contributed by atoms with van der Waals surface area (Å²) in [6.45, 7) is 9.15. The minimum Gasteiger partial charge on any atom is -0.469 e. The van der Waals surface area contributed by atoms with E-state index in [2.05, 4.69) is 18.6 Å². The van der Waals surface area contributed by atoms with E-state index in [1.54, 1.807) is 0 Å². The number of hydrogen-bond donors (Lipinski definition) is 0. The van der Waals surface area contributed by atoms with Gasteiger partial charge in [0.15, 0.2) is 0 Å². The average Bonchev–Trinajstić information content (AvgIpc) is 3.17. The highest BCUT2D eigenvalue weighted by Gasteiger charge is 2.11. The Hall–Kier alpha value is -2.12. The molecule has 2 atom stereocenters. The second-order valence-corrected chi connectivity index (χ2v) is 15.2. The van der Waals surface area contributed by atoms with Crippen molar-refractivity contribution in [1.29, 1.82) is 0 Å². The van der Waals surface area contributed by atoms with Crippen molar-refractivity contribution < 1.29 is 38.1 Å². The van der Waals surface area contributed by atoms with Crippen molar-refractivity contribution in [3.05, 3.63) is 0 Å². The van der Waals surface area contributed by atoms with Crippen molar-refractivity contribution >= 4 is 23.9 Å². The monoisotopic (exact) mass is 769 g/mol. The van der Waals surface area contributed by atoms with Gasteiger partial charge in [0.05, 0.1) is 27.4 Å². The van der Waals surface area contributed by atoms with E-state index in [0.29, 0.717) is 50.7 Å². The van der Waals surface area contributed by atoms with E-state index in [0.717, 1.165) is 44.9 Å². The number of unbranched alkanes of at least 4 members (excludes halogenated alkanes) is 20. The zero-order valence-electron chi connectivity index (χ0n) is 36.5. The Balaban J connectivity index is 0. The van der Waals surface area contributed by atoms with Crippen molar-refractivity contribution in [2.75, 3.05) is 27.4 Å². The van der Waals surface area contributed by atoms with Crippen LogP contribution in [0.25, 0.3) is 0 Å². The Kier molecular flexibility index (Phi) is 43.6. The van der Waals surface area contributed by atoms with Crippen LogP contribution in [-0.4, -0.2) is 51.3 Å². The third-order valence-electron chi connectivity index (χ3n) is 10.7. The molecule has 320 valence electrons. The second-order valence-electron chi connectivity index (χ2n) is 15.2. The third-order valence-corrected chi connectivity index (χ3v) is 10.7. The molecular weight excluding hydrogens is 680 g/mol. The highest BCUT2D eigenvalue weighted by molar-refractivity contribution is 5.70. The van der Waals surface area contributed by atoms with Gasteiger partial charge < -0.3 is 18.9 Å². The van der Waals surface area contributed by atoms with E-state index in [1.807, 2.05) is 13.8 Å². The Morgan fingerprint density at radius 3 is 0.907 bits per heavy atom. The van der Waals surface area contributed by atoms with Gasteiger partial charge in [-0.15, -0.1) is 0 Å². The number of methoxy groups -OCH3 is 2. The van der Waals surface area contributed by atoms with Crippen LogP contribution >= 0.6 is 0 Å². The number of esters is 4. The fourth-order valence-corrected chi connectivity index (χ4v) is 7.01. The molecule has 0 aromatic rings. The molecule has 0 rings (SSSR count). The lowest BCUT2D eigenvalue weighted by Crippen LogP contribution is -2.07. The normalized spacial score (nSPS) is 12.0. The molecule has 0 spiro atoms. The molecule has 8 nitrogen and oxygen atoms in total. The zero-order chi connectivity index (χ0) is 40.3. The third kappa shape index (κ3) is 41.1. The van der Waals surface area contributed by atoms with Crippen molar-refractivity contribution in [2.24, 2.45) is 11.8 Å². The molecule has 8 heteroatoms. The van der Waals surface area contributed by atoms with Gasteiger partial charge >= 0.3 is 23.9 Å². The van der Waals surface area contributed by atoms with Crippen molar-refractivity contribution in [3.8, 4) is 0 Å². The quantitative estimate of drug-likeness (QED) is 0.0347. The molecule has 2 unspecified atom stereocenters. The van der Waals surface area contributed by atoms with E-state index >= 15 is 0 Å². The lowest BCUT2D eigenvalue weighted by Gasteiger charge is -2.14. The van der Waals surface area contributed by atoms with Gasteiger partial charge in [-0.1, -0.05) is 168 Å². The smallest absolute Gasteiger partial charge is 0.305 e. The van der Waals surface area contributed by atoms with Crippen molar-refractivity contribution in [3.63, 3.8) is 0 Å². The molecule has 0 aliphatic carbocycles. The van der Waals surface area contributed by atoms with E-state index < -0.39 is 0 Å². The van der Waals surface area contributed by atoms with Crippen LogP contribution in [0, 0.1) is 11.8 Å². The Labute approximate surface area is 333 Å². The van der Waals surface area contributed by atoms with Gasteiger partial charge in [-0.05, 0) is 51.4 Å². The Morgan fingerprint density at radius 2 is 0.593 bits per heavy atom. The van der Waals surface area contributed by atoms with Crippen LogP contribution in [0.4, 0.5) is 0 Å². The van der Waals surface area contributed by atoms with E-state index in [1.165, 1.54) is 149 Å². The highest BCUT2D eigenvalue weighted by Crippen LogP contribution is 2.22. The minimum absolute atomic E-state index is 0.0417. The second kappa shape index (κ2) is 43.6. The summed E-state index contributed by atoms with van der Waals surface area (Å²) in [5.41, 5.74) is 0. The van der Waals surface area contributed by atoms with Crippen LogP contribution in [0.5, 0.6) is 0 Å². The maximum Gasteiger partial charge on any atom is 0.305 e. The van der Waals surface area contributed by atoms with Gasteiger partial charge in [0.1, 0.15) is 0 Å². The molecule has 0 saturated heterocycles. The summed E-state index contributed by atoms with van der Waals surface area (Å²) in [5, 5.41) is 0. The molecule has 0 aliphatic heterocycles. The molecule has 0 aromatic heterocycles. The molecule has 0 aliphatic rings. The lowest BCUT2D eigenvalue weighted by atomic mass is 9.93. The first-order valence-corrected chi connectivity index (χ1v) is 22.7. The first-order valence-electron chi connectivity index (χ1n) is 22.7. The van der Waals surface area contributed by atoms with Crippen LogP contribution in [0.3, 0.4) is 0 Å². The van der Waals surface area contributed by atoms with Crippen LogP contribution in [-0.2, 0) is 38.1 Å². The number of carbonyl (C=O) groups is 4. The molecule has 0 aromatic carbocycles. The Morgan fingerprint density at radius 1 is 0.333 bits per heavy atom. The largest absolute Gasteiger partial charge is 0.469 e. The van der Waals surface area contributed by atoms with Crippen molar-refractivity contribution in [2.45, 2.75) is 233 Å². The van der Waals surface area contributed by atoms with Gasteiger partial charge in [-0.3, -0.25) is 19.2 Å². The average molecular weight is 769 g/mol. The van der Waals surface area contributed by atoms with Gasteiger partial charge in [-0.25, -0.2) is 0 Å². The fraction of sp³-hybridized carbons (Fsp3) is 0.913. The molecule has 0 fully saturated rings. The lowest BCUT2D eigenvalue weighted by molar-refractivity contribution is -0.144. The van der Waals surface area contributed by atoms with E-state index in [4.69, 9.17) is 14.2 Å². The summed E-state index contributed by atoms with van der Waals surface area (Å²) in [5.74, 6) is 1.10. The van der Waals surface area contributed by atoms with Crippen LogP contribution in [0.2, 0.25) is 0 Å². The number of carbonyl (C=O) groups excluding carboxylic acids is 4. The van der Waals surface area contributed by atoms with Gasteiger partial charge in [-0.2, -0.15) is 0 Å². The highest BCUT2D eigenvalue weighted by atomic mass is 16.5.